The van der Waals surface area contributed by atoms with E-state index in [2.05, 4.69) is 30.0 Å². The minimum absolute atomic E-state index is 0.0398. The topological polar surface area (TPSA) is 59.8 Å². The molecule has 4 rings (SSSR count). The molecule has 1 fully saturated rings. The SMILES string of the molecule is CCn1cc(CN2CCN(C(=O)/C=C/c3ccc(OC)c(COc4cccc(C)c4)c3)CC2)c(C)n1. The molecule has 0 aliphatic carbocycles. The van der Waals surface area contributed by atoms with E-state index in [0.29, 0.717) is 6.61 Å². The third-order valence-corrected chi connectivity index (χ3v) is 6.56. The smallest absolute Gasteiger partial charge is 0.246 e. The van der Waals surface area contributed by atoms with Crippen molar-refractivity contribution < 1.29 is 14.3 Å². The van der Waals surface area contributed by atoms with Crippen molar-refractivity contribution in [2.45, 2.75) is 40.5 Å². The fraction of sp³-hybridized carbons (Fsp3) is 0.379. The van der Waals surface area contributed by atoms with Gasteiger partial charge in [0.1, 0.15) is 18.1 Å². The van der Waals surface area contributed by atoms with Gasteiger partial charge in [0.15, 0.2) is 0 Å². The van der Waals surface area contributed by atoms with Crippen molar-refractivity contribution in [2.24, 2.45) is 0 Å². The van der Waals surface area contributed by atoms with Crippen LogP contribution in [0.2, 0.25) is 0 Å². The van der Waals surface area contributed by atoms with Crippen LogP contribution >= 0.6 is 0 Å². The molecular formula is C29H36N4O3. The number of rotatable bonds is 9. The summed E-state index contributed by atoms with van der Waals surface area (Å²) >= 11 is 0. The maximum absolute atomic E-state index is 12.8. The van der Waals surface area contributed by atoms with Gasteiger partial charge in [0.05, 0.1) is 12.8 Å². The molecule has 0 unspecified atom stereocenters. The molecule has 1 amide bonds. The van der Waals surface area contributed by atoms with Crippen molar-refractivity contribution in [3.63, 3.8) is 0 Å². The van der Waals surface area contributed by atoms with Crippen molar-refractivity contribution in [2.75, 3.05) is 33.3 Å². The predicted molar refractivity (Wildman–Crippen MR) is 142 cm³/mol. The summed E-state index contributed by atoms with van der Waals surface area (Å²) < 4.78 is 13.5. The minimum atomic E-state index is 0.0398. The van der Waals surface area contributed by atoms with Crippen molar-refractivity contribution in [3.05, 3.63) is 82.7 Å². The highest BCUT2D eigenvalue weighted by Crippen LogP contribution is 2.23. The van der Waals surface area contributed by atoms with E-state index in [9.17, 15) is 4.79 Å². The number of carbonyl (C=O) groups excluding carboxylic acids is 1. The zero-order chi connectivity index (χ0) is 25.5. The number of methoxy groups -OCH3 is 1. The van der Waals surface area contributed by atoms with E-state index in [1.54, 1.807) is 13.2 Å². The summed E-state index contributed by atoms with van der Waals surface area (Å²) in [7, 11) is 1.65. The Balaban J connectivity index is 1.32. The van der Waals surface area contributed by atoms with E-state index in [0.717, 1.165) is 73.2 Å². The van der Waals surface area contributed by atoms with Crippen LogP contribution in [-0.2, 0) is 24.5 Å². The van der Waals surface area contributed by atoms with Crippen LogP contribution in [0, 0.1) is 13.8 Å². The standard InChI is InChI=1S/C29H36N4O3/c1-5-33-20-26(23(3)30-33)19-31-13-15-32(16-14-31)29(34)12-10-24-9-11-28(35-4)25(18-24)21-36-27-8-6-7-22(2)17-27/h6-12,17-18,20H,5,13-16,19,21H2,1-4H3/b12-10+. The molecule has 190 valence electrons. The number of aromatic nitrogens is 2. The highest BCUT2D eigenvalue weighted by atomic mass is 16.5. The van der Waals surface area contributed by atoms with Crippen molar-refractivity contribution in [1.29, 1.82) is 0 Å². The van der Waals surface area contributed by atoms with E-state index in [1.807, 2.05) is 65.0 Å². The molecule has 2 aromatic carbocycles. The Labute approximate surface area is 213 Å². The highest BCUT2D eigenvalue weighted by Gasteiger charge is 2.20. The Morgan fingerprint density at radius 1 is 1.06 bits per heavy atom. The first-order chi connectivity index (χ1) is 17.4. The summed E-state index contributed by atoms with van der Waals surface area (Å²) in [4.78, 5) is 17.1. The Morgan fingerprint density at radius 2 is 1.86 bits per heavy atom. The molecule has 0 spiro atoms. The van der Waals surface area contributed by atoms with Gasteiger partial charge >= 0.3 is 0 Å². The summed E-state index contributed by atoms with van der Waals surface area (Å²) in [6.45, 7) is 11.5. The fourth-order valence-corrected chi connectivity index (χ4v) is 4.40. The number of hydrogen-bond donors (Lipinski definition) is 0. The van der Waals surface area contributed by atoms with Crippen LogP contribution in [0.15, 0.2) is 54.7 Å². The monoisotopic (exact) mass is 488 g/mol. The highest BCUT2D eigenvalue weighted by molar-refractivity contribution is 5.91. The average Bonchev–Trinajstić information content (AvgIpc) is 3.25. The van der Waals surface area contributed by atoms with Crippen LogP contribution in [0.5, 0.6) is 11.5 Å². The van der Waals surface area contributed by atoms with Gasteiger partial charge in [0.2, 0.25) is 5.91 Å². The van der Waals surface area contributed by atoms with E-state index in [1.165, 1.54) is 5.56 Å². The van der Waals surface area contributed by atoms with Crippen LogP contribution in [0.4, 0.5) is 0 Å². The third kappa shape index (κ3) is 6.55. The Hall–Kier alpha value is -3.58. The zero-order valence-electron chi connectivity index (χ0n) is 21.7. The van der Waals surface area contributed by atoms with Gasteiger partial charge in [-0.15, -0.1) is 0 Å². The second kappa shape index (κ2) is 11.9. The van der Waals surface area contributed by atoms with E-state index < -0.39 is 0 Å². The second-order valence-electron chi connectivity index (χ2n) is 9.21. The number of ether oxygens (including phenoxy) is 2. The number of benzene rings is 2. The lowest BCUT2D eigenvalue weighted by Gasteiger charge is -2.34. The number of piperazine rings is 1. The Kier molecular flexibility index (Phi) is 8.44. The van der Waals surface area contributed by atoms with Gasteiger partial charge in [0.25, 0.3) is 0 Å². The largest absolute Gasteiger partial charge is 0.496 e. The molecule has 0 N–H and O–H groups in total. The lowest BCUT2D eigenvalue weighted by atomic mass is 10.1. The molecule has 36 heavy (non-hydrogen) atoms. The second-order valence-corrected chi connectivity index (χ2v) is 9.21. The van der Waals surface area contributed by atoms with E-state index in [-0.39, 0.29) is 5.91 Å². The van der Waals surface area contributed by atoms with Gasteiger partial charge in [-0.25, -0.2) is 0 Å². The molecule has 1 aliphatic rings. The lowest BCUT2D eigenvalue weighted by molar-refractivity contribution is -0.127. The van der Waals surface area contributed by atoms with Gasteiger partial charge < -0.3 is 14.4 Å². The number of nitrogens with zero attached hydrogens (tertiary/aromatic N) is 4. The summed E-state index contributed by atoms with van der Waals surface area (Å²) in [5.41, 5.74) is 5.37. The fourth-order valence-electron chi connectivity index (χ4n) is 4.40. The molecule has 1 aromatic heterocycles. The molecule has 2 heterocycles. The van der Waals surface area contributed by atoms with Gasteiger partial charge in [-0.3, -0.25) is 14.4 Å². The van der Waals surface area contributed by atoms with Crippen molar-refractivity contribution in [3.8, 4) is 11.5 Å². The molecule has 0 saturated carbocycles. The van der Waals surface area contributed by atoms with Crippen LogP contribution in [0.3, 0.4) is 0 Å². The summed E-state index contributed by atoms with van der Waals surface area (Å²) in [5, 5.41) is 4.54. The quantitative estimate of drug-likeness (QED) is 0.416. The Bertz CT molecular complexity index is 1210. The maximum Gasteiger partial charge on any atom is 0.246 e. The number of amides is 1. The molecule has 0 radical (unpaired) electrons. The van der Waals surface area contributed by atoms with Gasteiger partial charge in [-0.1, -0.05) is 18.2 Å². The van der Waals surface area contributed by atoms with E-state index in [4.69, 9.17) is 9.47 Å². The van der Waals surface area contributed by atoms with Crippen LogP contribution in [0.1, 0.15) is 34.9 Å². The summed E-state index contributed by atoms with van der Waals surface area (Å²) in [6, 6.07) is 13.9. The molecule has 0 atom stereocenters. The molecule has 7 heteroatoms. The molecule has 3 aromatic rings. The number of hydrogen-bond acceptors (Lipinski definition) is 5. The maximum atomic E-state index is 12.8. The first-order valence-corrected chi connectivity index (χ1v) is 12.5. The average molecular weight is 489 g/mol. The predicted octanol–water partition coefficient (Wildman–Crippen LogP) is 4.47. The van der Waals surface area contributed by atoms with Crippen molar-refractivity contribution >= 4 is 12.0 Å². The summed E-state index contributed by atoms with van der Waals surface area (Å²) in [5.74, 6) is 1.63. The molecule has 7 nitrogen and oxygen atoms in total. The first kappa shape index (κ1) is 25.5. The molecular weight excluding hydrogens is 452 g/mol. The van der Waals surface area contributed by atoms with Crippen LogP contribution in [0.25, 0.3) is 6.08 Å². The van der Waals surface area contributed by atoms with Crippen molar-refractivity contribution in [1.82, 2.24) is 19.6 Å². The lowest BCUT2D eigenvalue weighted by Crippen LogP contribution is -2.47. The molecule has 1 aliphatic heterocycles. The zero-order valence-corrected chi connectivity index (χ0v) is 21.7. The minimum Gasteiger partial charge on any atom is -0.496 e. The van der Waals surface area contributed by atoms with Crippen LogP contribution < -0.4 is 9.47 Å². The number of carbonyl (C=O) groups is 1. The van der Waals surface area contributed by atoms with E-state index >= 15 is 0 Å². The number of aryl methyl sites for hydroxylation is 3. The van der Waals surface area contributed by atoms with Gasteiger partial charge in [0, 0.05) is 62.7 Å². The van der Waals surface area contributed by atoms with Gasteiger partial charge in [-0.05, 0) is 62.2 Å². The first-order valence-electron chi connectivity index (χ1n) is 12.5. The third-order valence-electron chi connectivity index (χ3n) is 6.56. The Morgan fingerprint density at radius 3 is 2.56 bits per heavy atom. The summed E-state index contributed by atoms with van der Waals surface area (Å²) in [6.07, 6.45) is 5.66. The normalized spacial score (nSPS) is 14.4. The molecule has 0 bridgehead atoms. The van der Waals surface area contributed by atoms with Gasteiger partial charge in [-0.2, -0.15) is 5.10 Å². The van der Waals surface area contributed by atoms with Crippen LogP contribution in [-0.4, -0.2) is 58.8 Å². The molecule has 1 saturated heterocycles.